The number of ketones is 1. The summed E-state index contributed by atoms with van der Waals surface area (Å²) in [6.07, 6.45) is 0.574. The van der Waals surface area contributed by atoms with Gasteiger partial charge in [-0.05, 0) is 33.0 Å². The molecule has 1 fully saturated rings. The molecule has 0 aromatic heterocycles. The molecule has 0 unspecified atom stereocenters. The number of likely N-dealkylation sites (N-methyl/N-ethyl adjacent to an activating group) is 1. The minimum Gasteiger partial charge on any atom is -0.496 e. The summed E-state index contributed by atoms with van der Waals surface area (Å²) in [4.78, 5) is 50.2. The predicted molar refractivity (Wildman–Crippen MR) is 133 cm³/mol. The third kappa shape index (κ3) is 5.67. The van der Waals surface area contributed by atoms with Gasteiger partial charge in [-0.1, -0.05) is 17.7 Å². The Morgan fingerprint density at radius 2 is 1.84 bits per heavy atom. The quantitative estimate of drug-likeness (QED) is 0.152. The van der Waals surface area contributed by atoms with Crippen LogP contribution >= 0.6 is 11.6 Å². The number of methoxy groups -OCH3 is 2. The average molecular weight is 535 g/mol. The van der Waals surface area contributed by atoms with Crippen molar-refractivity contribution >= 4 is 35.0 Å². The van der Waals surface area contributed by atoms with Gasteiger partial charge in [-0.25, -0.2) is 4.79 Å². The maximum absolute atomic E-state index is 13.3. The molecule has 2 atom stereocenters. The van der Waals surface area contributed by atoms with Crippen LogP contribution in [0.1, 0.15) is 52.5 Å². The molecule has 1 aliphatic heterocycles. The number of nitro benzene ring substituents is 1. The van der Waals surface area contributed by atoms with Gasteiger partial charge < -0.3 is 18.9 Å². The molecule has 1 aliphatic rings. The van der Waals surface area contributed by atoms with E-state index in [0.717, 1.165) is 6.07 Å². The first-order valence-electron chi connectivity index (χ1n) is 11.3. The Bertz CT molecular complexity index is 1250. The number of carbonyl (C=O) groups is 3. The summed E-state index contributed by atoms with van der Waals surface area (Å²) in [6.45, 7) is 3.29. The lowest BCUT2D eigenvalue weighted by atomic mass is 9.87. The number of ether oxygens (including phenoxy) is 4. The molecule has 1 saturated heterocycles. The molecule has 2 aromatic rings. The zero-order valence-electron chi connectivity index (χ0n) is 21.0. The molecular formula is C25H27ClN2O9. The van der Waals surface area contributed by atoms with Crippen LogP contribution in [0.5, 0.6) is 17.2 Å². The van der Waals surface area contributed by atoms with Gasteiger partial charge >= 0.3 is 11.9 Å². The SMILES string of the molecule is COc1cc(OC)c([C@@H]2CCN(C)[C@H]2COC(C)=O)c(OC(=O)c2cccc([N+](=O)[O-])c2Cl)c1C(C)=O. The van der Waals surface area contributed by atoms with Gasteiger partial charge in [-0.15, -0.1) is 0 Å². The van der Waals surface area contributed by atoms with Crippen molar-refractivity contribution in [1.82, 2.24) is 4.90 Å². The first kappa shape index (κ1) is 27.9. The number of likely N-dealkylation sites (tertiary alicyclic amines) is 1. The molecule has 2 aromatic carbocycles. The summed E-state index contributed by atoms with van der Waals surface area (Å²) in [5.74, 6) is -1.97. The fourth-order valence-electron chi connectivity index (χ4n) is 4.50. The van der Waals surface area contributed by atoms with E-state index in [1.54, 1.807) is 0 Å². The van der Waals surface area contributed by atoms with E-state index in [1.165, 1.54) is 46.3 Å². The van der Waals surface area contributed by atoms with Crippen LogP contribution in [-0.4, -0.2) is 68.0 Å². The monoisotopic (exact) mass is 534 g/mol. The number of halogens is 1. The van der Waals surface area contributed by atoms with E-state index in [9.17, 15) is 24.5 Å². The van der Waals surface area contributed by atoms with Gasteiger partial charge in [0.1, 0.15) is 28.7 Å². The van der Waals surface area contributed by atoms with Gasteiger partial charge in [0.05, 0.1) is 30.7 Å². The second-order valence-corrected chi connectivity index (χ2v) is 8.86. The first-order valence-corrected chi connectivity index (χ1v) is 11.7. The summed E-state index contributed by atoms with van der Waals surface area (Å²) in [7, 11) is 4.65. The van der Waals surface area contributed by atoms with Crippen molar-refractivity contribution < 1.29 is 38.3 Å². The second kappa shape index (κ2) is 11.6. The lowest BCUT2D eigenvalue weighted by Crippen LogP contribution is -2.34. The van der Waals surface area contributed by atoms with Crippen LogP contribution in [0.15, 0.2) is 24.3 Å². The van der Waals surface area contributed by atoms with Crippen molar-refractivity contribution in [2.45, 2.75) is 32.2 Å². The second-order valence-electron chi connectivity index (χ2n) is 8.49. The van der Waals surface area contributed by atoms with Gasteiger partial charge in [-0.2, -0.15) is 0 Å². The maximum Gasteiger partial charge on any atom is 0.345 e. The molecule has 11 nitrogen and oxygen atoms in total. The Kier molecular flexibility index (Phi) is 8.72. The lowest BCUT2D eigenvalue weighted by molar-refractivity contribution is -0.384. The van der Waals surface area contributed by atoms with E-state index in [4.69, 9.17) is 30.5 Å². The van der Waals surface area contributed by atoms with E-state index in [2.05, 4.69) is 0 Å². The standard InChI is InChI=1S/C25H27ClN2O9/c1-13(29)21-19(34-4)11-20(35-5)22(15-9-10-27(3)18(15)12-36-14(2)30)24(21)37-25(31)16-7-6-8-17(23(16)26)28(32)33/h6-8,11,15,18H,9-10,12H2,1-5H3/t15-,18+/m1/s1. The third-order valence-corrected chi connectivity index (χ3v) is 6.68. The Hall–Kier alpha value is -3.70. The molecule has 198 valence electrons. The van der Waals surface area contributed by atoms with Crippen LogP contribution < -0.4 is 14.2 Å². The number of benzene rings is 2. The summed E-state index contributed by atoms with van der Waals surface area (Å²) in [5, 5.41) is 10.9. The highest BCUT2D eigenvalue weighted by atomic mass is 35.5. The number of nitrogens with zero attached hydrogens (tertiary/aromatic N) is 2. The summed E-state index contributed by atoms with van der Waals surface area (Å²) < 4.78 is 22.1. The average Bonchev–Trinajstić information content (AvgIpc) is 3.20. The van der Waals surface area contributed by atoms with E-state index in [0.29, 0.717) is 24.3 Å². The van der Waals surface area contributed by atoms with Crippen molar-refractivity contribution in [3.8, 4) is 17.2 Å². The Morgan fingerprint density at radius 1 is 1.16 bits per heavy atom. The molecule has 37 heavy (non-hydrogen) atoms. The number of esters is 2. The zero-order chi connectivity index (χ0) is 27.4. The normalized spacial score (nSPS) is 17.2. The van der Waals surface area contributed by atoms with Crippen LogP contribution in [-0.2, 0) is 9.53 Å². The fraction of sp³-hybridized carbons (Fsp3) is 0.400. The van der Waals surface area contributed by atoms with E-state index < -0.39 is 33.4 Å². The lowest BCUT2D eigenvalue weighted by Gasteiger charge is -2.28. The van der Waals surface area contributed by atoms with Crippen molar-refractivity contribution in [3.05, 3.63) is 56.1 Å². The molecule has 1 heterocycles. The van der Waals surface area contributed by atoms with E-state index in [-0.39, 0.29) is 41.2 Å². The number of carbonyl (C=O) groups excluding carboxylic acids is 3. The molecule has 0 saturated carbocycles. The van der Waals surface area contributed by atoms with Crippen LogP contribution in [0.4, 0.5) is 5.69 Å². The molecule has 0 spiro atoms. The number of rotatable bonds is 9. The molecule has 12 heteroatoms. The van der Waals surface area contributed by atoms with Gasteiger partial charge in [0.2, 0.25) is 0 Å². The van der Waals surface area contributed by atoms with Crippen LogP contribution in [0.2, 0.25) is 5.02 Å². The molecule has 0 N–H and O–H groups in total. The van der Waals surface area contributed by atoms with E-state index in [1.807, 2.05) is 11.9 Å². The molecule has 0 amide bonds. The van der Waals surface area contributed by atoms with Crippen LogP contribution in [0, 0.1) is 10.1 Å². The Labute approximate surface area is 218 Å². The zero-order valence-corrected chi connectivity index (χ0v) is 21.8. The summed E-state index contributed by atoms with van der Waals surface area (Å²) in [5.41, 5.74) is -0.317. The largest absolute Gasteiger partial charge is 0.496 e. The minimum atomic E-state index is -1.00. The highest BCUT2D eigenvalue weighted by Crippen LogP contribution is 2.48. The number of Topliss-reactive ketones (excluding diaryl/α,β-unsaturated/α-hetero) is 1. The van der Waals surface area contributed by atoms with Crippen molar-refractivity contribution in [3.63, 3.8) is 0 Å². The number of nitro groups is 1. The van der Waals surface area contributed by atoms with Crippen LogP contribution in [0.3, 0.4) is 0 Å². The topological polar surface area (TPSA) is 135 Å². The van der Waals surface area contributed by atoms with Gasteiger partial charge in [-0.3, -0.25) is 24.6 Å². The van der Waals surface area contributed by atoms with E-state index >= 15 is 0 Å². The van der Waals surface area contributed by atoms with Crippen LogP contribution in [0.25, 0.3) is 0 Å². The third-order valence-electron chi connectivity index (χ3n) is 6.28. The van der Waals surface area contributed by atoms with Gasteiger partial charge in [0.25, 0.3) is 5.69 Å². The highest BCUT2D eigenvalue weighted by Gasteiger charge is 2.40. The summed E-state index contributed by atoms with van der Waals surface area (Å²) >= 11 is 6.15. The van der Waals surface area contributed by atoms with Crippen molar-refractivity contribution in [1.29, 1.82) is 0 Å². The highest BCUT2D eigenvalue weighted by molar-refractivity contribution is 6.35. The van der Waals surface area contributed by atoms with Crippen molar-refractivity contribution in [2.75, 3.05) is 34.4 Å². The molecule has 0 bridgehead atoms. The smallest absolute Gasteiger partial charge is 0.345 e. The molecule has 0 radical (unpaired) electrons. The number of hydrogen-bond donors (Lipinski definition) is 0. The maximum atomic E-state index is 13.3. The molecule has 0 aliphatic carbocycles. The Morgan fingerprint density at radius 3 is 2.41 bits per heavy atom. The predicted octanol–water partition coefficient (Wildman–Crippen LogP) is 4.04. The first-order chi connectivity index (χ1) is 17.5. The molecule has 3 rings (SSSR count). The molecular weight excluding hydrogens is 508 g/mol. The van der Waals surface area contributed by atoms with Crippen molar-refractivity contribution in [2.24, 2.45) is 0 Å². The number of hydrogen-bond acceptors (Lipinski definition) is 10. The minimum absolute atomic E-state index is 0.00556. The summed E-state index contributed by atoms with van der Waals surface area (Å²) in [6, 6.07) is 4.97. The Balaban J connectivity index is 2.22. The van der Waals surface area contributed by atoms with Gasteiger partial charge in [0, 0.05) is 30.5 Å². The van der Waals surface area contributed by atoms with Gasteiger partial charge in [0.15, 0.2) is 11.5 Å². The fourth-order valence-corrected chi connectivity index (χ4v) is 4.78.